The average Bonchev–Trinajstić information content (AvgIpc) is 2.42. The van der Waals surface area contributed by atoms with E-state index >= 15 is 0 Å². The maximum Gasteiger partial charge on any atom is 0.0406 e. The summed E-state index contributed by atoms with van der Waals surface area (Å²) in [6.45, 7) is 6.55. The predicted molar refractivity (Wildman–Crippen MR) is 87.3 cm³/mol. The van der Waals surface area contributed by atoms with E-state index in [-0.39, 0.29) is 0 Å². The molecule has 0 amide bonds. The van der Waals surface area contributed by atoms with Crippen LogP contribution in [0.1, 0.15) is 36.6 Å². The number of benzene rings is 2. The van der Waals surface area contributed by atoms with Crippen LogP contribution in [0.2, 0.25) is 5.02 Å². The van der Waals surface area contributed by atoms with Crippen molar-refractivity contribution in [2.75, 3.05) is 0 Å². The van der Waals surface area contributed by atoms with Gasteiger partial charge in [-0.1, -0.05) is 53.6 Å². The number of hydrogen-bond donors (Lipinski definition) is 1. The van der Waals surface area contributed by atoms with Gasteiger partial charge in [-0.2, -0.15) is 0 Å². The largest absolute Gasteiger partial charge is 0.307 e. The lowest BCUT2D eigenvalue weighted by Gasteiger charge is -2.20. The van der Waals surface area contributed by atoms with Crippen LogP contribution in [0.25, 0.3) is 0 Å². The van der Waals surface area contributed by atoms with Gasteiger partial charge in [-0.05, 0) is 50.5 Å². The Morgan fingerprint density at radius 3 is 2.15 bits per heavy atom. The Bertz CT molecular complexity index is 530. The number of halogens is 1. The minimum atomic E-state index is 0.359. The van der Waals surface area contributed by atoms with Crippen LogP contribution in [-0.4, -0.2) is 6.04 Å². The topological polar surface area (TPSA) is 12.0 Å². The van der Waals surface area contributed by atoms with Gasteiger partial charge >= 0.3 is 0 Å². The summed E-state index contributed by atoms with van der Waals surface area (Å²) >= 11 is 5.91. The monoisotopic (exact) mass is 287 g/mol. The van der Waals surface area contributed by atoms with E-state index in [1.54, 1.807) is 0 Å². The maximum atomic E-state index is 5.91. The molecule has 0 saturated heterocycles. The molecular formula is C18H22ClN. The van der Waals surface area contributed by atoms with E-state index in [4.69, 9.17) is 11.6 Å². The van der Waals surface area contributed by atoms with Crippen LogP contribution < -0.4 is 5.32 Å². The Morgan fingerprint density at radius 1 is 0.950 bits per heavy atom. The Labute approximate surface area is 127 Å². The molecule has 2 unspecified atom stereocenters. The summed E-state index contributed by atoms with van der Waals surface area (Å²) in [6, 6.07) is 17.6. The van der Waals surface area contributed by atoms with Crippen molar-refractivity contribution in [3.8, 4) is 0 Å². The fraction of sp³-hybridized carbons (Fsp3) is 0.333. The molecule has 0 bridgehead atoms. The highest BCUT2D eigenvalue weighted by atomic mass is 35.5. The third kappa shape index (κ3) is 4.36. The van der Waals surface area contributed by atoms with Crippen molar-refractivity contribution in [1.29, 1.82) is 0 Å². The van der Waals surface area contributed by atoms with Crippen LogP contribution in [0, 0.1) is 6.92 Å². The van der Waals surface area contributed by atoms with E-state index in [1.165, 1.54) is 16.7 Å². The number of hydrogen-bond acceptors (Lipinski definition) is 1. The van der Waals surface area contributed by atoms with E-state index in [0.29, 0.717) is 12.1 Å². The zero-order valence-corrected chi connectivity index (χ0v) is 13.1. The molecule has 0 aliphatic carbocycles. The lowest BCUT2D eigenvalue weighted by Crippen LogP contribution is -2.30. The summed E-state index contributed by atoms with van der Waals surface area (Å²) in [5.41, 5.74) is 3.94. The van der Waals surface area contributed by atoms with E-state index in [2.05, 4.69) is 62.5 Å². The predicted octanol–water partition coefficient (Wildman–Crippen LogP) is 4.93. The smallest absolute Gasteiger partial charge is 0.0406 e. The van der Waals surface area contributed by atoms with Crippen molar-refractivity contribution >= 4 is 11.6 Å². The van der Waals surface area contributed by atoms with Crippen molar-refractivity contribution in [2.24, 2.45) is 0 Å². The minimum absolute atomic E-state index is 0.359. The van der Waals surface area contributed by atoms with Crippen LogP contribution in [0.3, 0.4) is 0 Å². The molecule has 0 heterocycles. The molecule has 0 spiro atoms. The first-order valence-corrected chi connectivity index (χ1v) is 7.49. The molecule has 0 saturated carbocycles. The van der Waals surface area contributed by atoms with Crippen molar-refractivity contribution in [2.45, 2.75) is 39.3 Å². The second kappa shape index (κ2) is 6.92. The summed E-state index contributed by atoms with van der Waals surface area (Å²) < 4.78 is 0. The van der Waals surface area contributed by atoms with Crippen LogP contribution in [0.5, 0.6) is 0 Å². The first-order valence-electron chi connectivity index (χ1n) is 7.11. The molecule has 20 heavy (non-hydrogen) atoms. The normalized spacial score (nSPS) is 14.0. The number of nitrogens with one attached hydrogen (secondary N) is 1. The van der Waals surface area contributed by atoms with E-state index in [1.807, 2.05) is 12.1 Å². The molecule has 0 radical (unpaired) electrons. The van der Waals surface area contributed by atoms with Gasteiger partial charge in [-0.3, -0.25) is 0 Å². The molecule has 0 aliphatic heterocycles. The van der Waals surface area contributed by atoms with Gasteiger partial charge in [0.25, 0.3) is 0 Å². The number of rotatable bonds is 5. The highest BCUT2D eigenvalue weighted by Gasteiger charge is 2.09. The van der Waals surface area contributed by atoms with Crippen molar-refractivity contribution in [1.82, 2.24) is 5.32 Å². The molecule has 0 fully saturated rings. The van der Waals surface area contributed by atoms with Gasteiger partial charge in [0.15, 0.2) is 0 Å². The van der Waals surface area contributed by atoms with Crippen molar-refractivity contribution in [3.63, 3.8) is 0 Å². The van der Waals surface area contributed by atoms with Gasteiger partial charge in [0.05, 0.1) is 0 Å². The molecule has 0 aliphatic rings. The highest BCUT2D eigenvalue weighted by molar-refractivity contribution is 6.30. The standard InChI is InChI=1S/C18H22ClN/c1-13-4-8-17(9-5-13)15(3)20-14(2)12-16-6-10-18(19)11-7-16/h4-11,14-15,20H,12H2,1-3H3. The van der Waals surface area contributed by atoms with Gasteiger partial charge in [0.2, 0.25) is 0 Å². The summed E-state index contributed by atoms with van der Waals surface area (Å²) in [7, 11) is 0. The Balaban J connectivity index is 1.92. The molecule has 2 rings (SSSR count). The summed E-state index contributed by atoms with van der Waals surface area (Å²) in [5, 5.41) is 4.44. The van der Waals surface area contributed by atoms with Gasteiger partial charge in [0.1, 0.15) is 0 Å². The zero-order chi connectivity index (χ0) is 14.5. The van der Waals surface area contributed by atoms with E-state index < -0.39 is 0 Å². The minimum Gasteiger partial charge on any atom is -0.307 e. The molecule has 2 aromatic rings. The van der Waals surface area contributed by atoms with Crippen LogP contribution in [0.4, 0.5) is 0 Å². The van der Waals surface area contributed by atoms with Gasteiger partial charge in [-0.15, -0.1) is 0 Å². The third-order valence-electron chi connectivity index (χ3n) is 3.57. The van der Waals surface area contributed by atoms with Gasteiger partial charge in [0, 0.05) is 17.1 Å². The second-order valence-corrected chi connectivity index (χ2v) is 5.97. The van der Waals surface area contributed by atoms with Crippen LogP contribution >= 0.6 is 11.6 Å². The number of aryl methyl sites for hydroxylation is 1. The highest BCUT2D eigenvalue weighted by Crippen LogP contribution is 2.16. The fourth-order valence-corrected chi connectivity index (χ4v) is 2.54. The summed E-state index contributed by atoms with van der Waals surface area (Å²) in [4.78, 5) is 0. The molecule has 106 valence electrons. The van der Waals surface area contributed by atoms with Crippen molar-refractivity contribution < 1.29 is 0 Å². The second-order valence-electron chi connectivity index (χ2n) is 5.53. The first kappa shape index (κ1) is 15.1. The maximum absolute atomic E-state index is 5.91. The van der Waals surface area contributed by atoms with Crippen LogP contribution in [-0.2, 0) is 6.42 Å². The Hall–Kier alpha value is -1.31. The lowest BCUT2D eigenvalue weighted by atomic mass is 10.0. The van der Waals surface area contributed by atoms with E-state index in [9.17, 15) is 0 Å². The third-order valence-corrected chi connectivity index (χ3v) is 3.82. The Morgan fingerprint density at radius 2 is 1.55 bits per heavy atom. The molecule has 1 nitrogen and oxygen atoms in total. The zero-order valence-electron chi connectivity index (χ0n) is 12.4. The molecule has 0 aromatic heterocycles. The van der Waals surface area contributed by atoms with Crippen molar-refractivity contribution in [3.05, 3.63) is 70.2 Å². The van der Waals surface area contributed by atoms with Crippen LogP contribution in [0.15, 0.2) is 48.5 Å². The first-order chi connectivity index (χ1) is 9.54. The average molecular weight is 288 g/mol. The molecular weight excluding hydrogens is 266 g/mol. The quantitative estimate of drug-likeness (QED) is 0.822. The molecule has 2 aromatic carbocycles. The van der Waals surface area contributed by atoms with E-state index in [0.717, 1.165) is 11.4 Å². The summed E-state index contributed by atoms with van der Waals surface area (Å²) in [6.07, 6.45) is 1.01. The SMILES string of the molecule is Cc1ccc(C(C)NC(C)Cc2ccc(Cl)cc2)cc1. The van der Waals surface area contributed by atoms with Gasteiger partial charge < -0.3 is 5.32 Å². The fourth-order valence-electron chi connectivity index (χ4n) is 2.41. The summed E-state index contributed by atoms with van der Waals surface area (Å²) in [5.74, 6) is 0. The Kier molecular flexibility index (Phi) is 5.22. The van der Waals surface area contributed by atoms with Gasteiger partial charge in [-0.25, -0.2) is 0 Å². The lowest BCUT2D eigenvalue weighted by molar-refractivity contribution is 0.477. The molecule has 2 atom stereocenters. The molecule has 1 N–H and O–H groups in total. The molecule has 2 heteroatoms.